The summed E-state index contributed by atoms with van der Waals surface area (Å²) in [5.74, 6) is -0.782. The lowest BCUT2D eigenvalue weighted by atomic mass is 9.95. The third-order valence-corrected chi connectivity index (χ3v) is 7.22. The number of rotatable bonds is 9. The van der Waals surface area contributed by atoms with Crippen LogP contribution in [-0.2, 0) is 20.9 Å². The van der Waals surface area contributed by atoms with E-state index in [-0.39, 0.29) is 11.3 Å². The molecule has 0 radical (unpaired) electrons. The highest BCUT2D eigenvalue weighted by Crippen LogP contribution is 2.39. The van der Waals surface area contributed by atoms with Crippen molar-refractivity contribution >= 4 is 17.4 Å². The van der Waals surface area contributed by atoms with Crippen LogP contribution in [0.2, 0.25) is 0 Å². The second-order valence-corrected chi connectivity index (χ2v) is 9.84. The molecular formula is C31H33N3O5. The molecule has 2 aliphatic heterocycles. The Bertz CT molecular complexity index is 1340. The maximum Gasteiger partial charge on any atom is 0.295 e. The second-order valence-electron chi connectivity index (χ2n) is 9.84. The van der Waals surface area contributed by atoms with Crippen molar-refractivity contribution < 1.29 is 24.2 Å². The minimum Gasteiger partial charge on any atom is -0.507 e. The van der Waals surface area contributed by atoms with E-state index in [0.29, 0.717) is 44.1 Å². The van der Waals surface area contributed by atoms with Gasteiger partial charge in [0.15, 0.2) is 0 Å². The molecule has 8 nitrogen and oxygen atoms in total. The molecule has 5 rings (SSSR count). The molecule has 2 saturated heterocycles. The van der Waals surface area contributed by atoms with Crippen molar-refractivity contribution in [3.63, 3.8) is 0 Å². The number of carbonyl (C=O) groups is 2. The highest BCUT2D eigenvalue weighted by atomic mass is 16.5. The van der Waals surface area contributed by atoms with Gasteiger partial charge in [0.25, 0.3) is 11.7 Å². The van der Waals surface area contributed by atoms with Gasteiger partial charge in [0, 0.05) is 44.1 Å². The Kier molecular flexibility index (Phi) is 8.34. The SMILES string of the molecule is Cc1cc(/C(O)=C2\C(=O)C(=O)N(CCCN3CCOCC3)C2c2ccncc2)ccc1OCc1ccccc1. The summed E-state index contributed by atoms with van der Waals surface area (Å²) in [5, 5.41) is 11.4. The van der Waals surface area contributed by atoms with Gasteiger partial charge in [-0.15, -0.1) is 0 Å². The largest absolute Gasteiger partial charge is 0.507 e. The molecule has 39 heavy (non-hydrogen) atoms. The average Bonchev–Trinajstić information content (AvgIpc) is 3.23. The molecule has 0 bridgehead atoms. The summed E-state index contributed by atoms with van der Waals surface area (Å²) in [6.07, 6.45) is 3.97. The van der Waals surface area contributed by atoms with Gasteiger partial charge < -0.3 is 19.5 Å². The zero-order valence-corrected chi connectivity index (χ0v) is 22.1. The Labute approximate surface area is 228 Å². The number of aromatic nitrogens is 1. The van der Waals surface area contributed by atoms with Crippen LogP contribution in [0.3, 0.4) is 0 Å². The highest BCUT2D eigenvalue weighted by molar-refractivity contribution is 6.46. The van der Waals surface area contributed by atoms with Crippen LogP contribution in [0.15, 0.2) is 78.6 Å². The number of morpholine rings is 1. The van der Waals surface area contributed by atoms with E-state index in [1.54, 1.807) is 47.6 Å². The number of nitrogens with zero attached hydrogens (tertiary/aromatic N) is 3. The minimum atomic E-state index is -0.688. The van der Waals surface area contributed by atoms with Crippen LogP contribution in [0.25, 0.3) is 5.76 Å². The van der Waals surface area contributed by atoms with Gasteiger partial charge in [0.05, 0.1) is 24.8 Å². The predicted molar refractivity (Wildman–Crippen MR) is 147 cm³/mol. The quantitative estimate of drug-likeness (QED) is 0.254. The first-order valence-electron chi connectivity index (χ1n) is 13.3. The molecule has 0 spiro atoms. The first kappa shape index (κ1) is 26.6. The fraction of sp³-hybridized carbons (Fsp3) is 0.323. The van der Waals surface area contributed by atoms with Gasteiger partial charge in [-0.05, 0) is 60.4 Å². The minimum absolute atomic E-state index is 0.0925. The molecule has 0 saturated carbocycles. The van der Waals surface area contributed by atoms with Gasteiger partial charge in [-0.25, -0.2) is 0 Å². The second kappa shape index (κ2) is 12.2. The number of aliphatic hydroxyl groups excluding tert-OH is 1. The van der Waals surface area contributed by atoms with Crippen LogP contribution < -0.4 is 4.74 Å². The van der Waals surface area contributed by atoms with Crippen molar-refractivity contribution in [3.8, 4) is 5.75 Å². The number of carbonyl (C=O) groups excluding carboxylic acids is 2. The highest BCUT2D eigenvalue weighted by Gasteiger charge is 2.45. The number of ketones is 1. The first-order chi connectivity index (χ1) is 19.0. The van der Waals surface area contributed by atoms with Crippen LogP contribution in [0.5, 0.6) is 5.75 Å². The van der Waals surface area contributed by atoms with E-state index in [2.05, 4.69) is 9.88 Å². The maximum absolute atomic E-state index is 13.3. The summed E-state index contributed by atoms with van der Waals surface area (Å²) in [5.41, 5.74) is 3.15. The van der Waals surface area contributed by atoms with Gasteiger partial charge in [-0.2, -0.15) is 0 Å². The molecule has 202 valence electrons. The Balaban J connectivity index is 1.40. The van der Waals surface area contributed by atoms with Gasteiger partial charge in [0.1, 0.15) is 18.1 Å². The van der Waals surface area contributed by atoms with Crippen LogP contribution in [0.4, 0.5) is 0 Å². The van der Waals surface area contributed by atoms with Crippen molar-refractivity contribution in [1.29, 1.82) is 0 Å². The number of Topliss-reactive ketones (excluding diaryl/α,β-unsaturated/α-hetero) is 1. The molecule has 1 unspecified atom stereocenters. The number of aliphatic hydroxyl groups is 1. The summed E-state index contributed by atoms with van der Waals surface area (Å²) >= 11 is 0. The maximum atomic E-state index is 13.3. The molecule has 2 fully saturated rings. The molecule has 1 atom stereocenters. The molecule has 2 aromatic carbocycles. The molecule has 3 aromatic rings. The van der Waals surface area contributed by atoms with Crippen LogP contribution in [-0.4, -0.2) is 71.0 Å². The van der Waals surface area contributed by atoms with Crippen molar-refractivity contribution in [1.82, 2.24) is 14.8 Å². The smallest absolute Gasteiger partial charge is 0.295 e. The monoisotopic (exact) mass is 527 g/mol. The summed E-state index contributed by atoms with van der Waals surface area (Å²) < 4.78 is 11.4. The normalized spacial score (nSPS) is 19.4. The molecule has 3 heterocycles. The van der Waals surface area contributed by atoms with E-state index in [9.17, 15) is 14.7 Å². The van der Waals surface area contributed by atoms with E-state index in [1.165, 1.54) is 0 Å². The topological polar surface area (TPSA) is 92.2 Å². The Morgan fingerprint density at radius 1 is 1.03 bits per heavy atom. The van der Waals surface area contributed by atoms with Crippen LogP contribution >= 0.6 is 0 Å². The number of hydrogen-bond acceptors (Lipinski definition) is 7. The Morgan fingerprint density at radius 2 is 1.77 bits per heavy atom. The summed E-state index contributed by atoms with van der Waals surface area (Å²) in [6.45, 7) is 6.64. The number of amides is 1. The first-order valence-corrected chi connectivity index (χ1v) is 13.3. The molecular weight excluding hydrogens is 494 g/mol. The third kappa shape index (κ3) is 6.02. The number of aryl methyl sites for hydroxylation is 1. The zero-order valence-electron chi connectivity index (χ0n) is 22.1. The fourth-order valence-corrected chi connectivity index (χ4v) is 5.14. The lowest BCUT2D eigenvalue weighted by Crippen LogP contribution is -2.38. The van der Waals surface area contributed by atoms with Gasteiger partial charge in [-0.3, -0.25) is 19.5 Å². The predicted octanol–water partition coefficient (Wildman–Crippen LogP) is 4.11. The Hall–Kier alpha value is -4.01. The van der Waals surface area contributed by atoms with E-state index in [1.807, 2.05) is 37.3 Å². The summed E-state index contributed by atoms with van der Waals surface area (Å²) in [6, 6.07) is 18.0. The van der Waals surface area contributed by atoms with E-state index >= 15 is 0 Å². The number of hydrogen-bond donors (Lipinski definition) is 1. The molecule has 8 heteroatoms. The van der Waals surface area contributed by atoms with Gasteiger partial charge in [0.2, 0.25) is 0 Å². The number of ether oxygens (including phenoxy) is 2. The Morgan fingerprint density at radius 3 is 2.49 bits per heavy atom. The molecule has 0 aliphatic carbocycles. The number of benzene rings is 2. The molecule has 1 N–H and O–H groups in total. The van der Waals surface area contributed by atoms with Crippen molar-refractivity contribution in [2.45, 2.75) is 26.0 Å². The summed E-state index contributed by atoms with van der Waals surface area (Å²) in [4.78, 5) is 34.5. The van der Waals surface area contributed by atoms with Crippen LogP contribution in [0.1, 0.15) is 34.7 Å². The molecule has 2 aliphatic rings. The lowest BCUT2D eigenvalue weighted by molar-refractivity contribution is -0.140. The van der Waals surface area contributed by atoms with E-state index < -0.39 is 17.7 Å². The fourth-order valence-electron chi connectivity index (χ4n) is 5.14. The van der Waals surface area contributed by atoms with Gasteiger partial charge in [-0.1, -0.05) is 30.3 Å². The standard InChI is InChI=1S/C31H33N3O5/c1-22-20-25(8-9-26(22)39-21-23-6-3-2-4-7-23)29(35)27-28(24-10-12-32-13-11-24)34(31(37)30(27)36)15-5-14-33-16-18-38-19-17-33/h2-4,6-13,20,28,35H,5,14-19,21H2,1H3/b29-27+. The number of likely N-dealkylation sites (tertiary alicyclic amines) is 1. The van der Waals surface area contributed by atoms with Crippen molar-refractivity contribution in [2.24, 2.45) is 0 Å². The number of pyridine rings is 1. The van der Waals surface area contributed by atoms with Crippen LogP contribution in [0, 0.1) is 6.92 Å². The lowest BCUT2D eigenvalue weighted by Gasteiger charge is -2.29. The summed E-state index contributed by atoms with van der Waals surface area (Å²) in [7, 11) is 0. The van der Waals surface area contributed by atoms with E-state index in [4.69, 9.17) is 9.47 Å². The van der Waals surface area contributed by atoms with Gasteiger partial charge >= 0.3 is 0 Å². The zero-order chi connectivity index (χ0) is 27.2. The molecule has 1 aromatic heterocycles. The average molecular weight is 528 g/mol. The molecule has 1 amide bonds. The van der Waals surface area contributed by atoms with Crippen molar-refractivity contribution in [2.75, 3.05) is 39.4 Å². The van der Waals surface area contributed by atoms with Crippen molar-refractivity contribution in [3.05, 3.63) is 101 Å². The van der Waals surface area contributed by atoms with E-state index in [0.717, 1.165) is 36.3 Å². The third-order valence-electron chi connectivity index (χ3n) is 7.22.